The second kappa shape index (κ2) is 8.69. The van der Waals surface area contributed by atoms with Gasteiger partial charge in [-0.25, -0.2) is 9.18 Å². The molecule has 29 heavy (non-hydrogen) atoms. The van der Waals surface area contributed by atoms with Crippen molar-refractivity contribution in [2.75, 3.05) is 13.2 Å². The van der Waals surface area contributed by atoms with Crippen molar-refractivity contribution in [1.82, 2.24) is 10.3 Å². The van der Waals surface area contributed by atoms with Gasteiger partial charge in [-0.15, -0.1) is 0 Å². The molecule has 1 N–H and O–H groups in total. The monoisotopic (exact) mass is 388 g/mol. The predicted octanol–water partition coefficient (Wildman–Crippen LogP) is 5.16. The Balaban J connectivity index is 1.28. The molecule has 1 amide bonds. The number of aromatic nitrogens is 1. The Hall–Kier alpha value is -3.47. The molecule has 0 atom stereocenters. The summed E-state index contributed by atoms with van der Waals surface area (Å²) in [5.41, 5.74) is 5.33. The summed E-state index contributed by atoms with van der Waals surface area (Å²) in [6.07, 6.45) is 5.14. The van der Waals surface area contributed by atoms with Gasteiger partial charge in [-0.2, -0.15) is 0 Å². The highest BCUT2D eigenvalue weighted by atomic mass is 19.1. The second-order valence-electron chi connectivity index (χ2n) is 6.84. The maximum atomic E-state index is 13.1. The van der Waals surface area contributed by atoms with E-state index in [0.29, 0.717) is 25.3 Å². The number of fused-ring (bicyclic) bond motifs is 3. The van der Waals surface area contributed by atoms with Crippen LogP contribution in [-0.4, -0.2) is 24.2 Å². The SMILES string of the molecule is O=C(NCCC=Cc1cc(F)ccn1)OCC1c2ccccc2-c2ccccc21. The number of nitrogens with one attached hydrogen (secondary N) is 1. The lowest BCUT2D eigenvalue weighted by molar-refractivity contribution is 0.143. The number of halogens is 1. The minimum Gasteiger partial charge on any atom is -0.449 e. The molecule has 3 aromatic rings. The van der Waals surface area contributed by atoms with Gasteiger partial charge in [-0.3, -0.25) is 4.98 Å². The van der Waals surface area contributed by atoms with E-state index in [0.717, 1.165) is 0 Å². The number of amides is 1. The van der Waals surface area contributed by atoms with Crippen LogP contribution in [0.15, 0.2) is 72.9 Å². The van der Waals surface area contributed by atoms with Crippen molar-refractivity contribution in [2.45, 2.75) is 12.3 Å². The molecule has 146 valence electrons. The van der Waals surface area contributed by atoms with E-state index < -0.39 is 6.09 Å². The van der Waals surface area contributed by atoms with Crippen LogP contribution in [0, 0.1) is 5.82 Å². The Bertz CT molecular complexity index is 1000. The van der Waals surface area contributed by atoms with E-state index in [4.69, 9.17) is 4.74 Å². The maximum Gasteiger partial charge on any atom is 0.407 e. The van der Waals surface area contributed by atoms with Gasteiger partial charge in [0.1, 0.15) is 12.4 Å². The van der Waals surface area contributed by atoms with Crippen molar-refractivity contribution in [1.29, 1.82) is 0 Å². The maximum absolute atomic E-state index is 13.1. The van der Waals surface area contributed by atoms with Gasteiger partial charge in [-0.05, 0) is 46.9 Å². The molecular formula is C24H21FN2O2. The zero-order valence-corrected chi connectivity index (χ0v) is 15.8. The minimum atomic E-state index is -0.441. The van der Waals surface area contributed by atoms with E-state index in [1.54, 1.807) is 6.08 Å². The molecule has 4 rings (SSSR count). The van der Waals surface area contributed by atoms with Gasteiger partial charge in [0.25, 0.3) is 0 Å². The summed E-state index contributed by atoms with van der Waals surface area (Å²) < 4.78 is 18.6. The fraction of sp³-hybridized carbons (Fsp3) is 0.167. The number of nitrogens with zero attached hydrogens (tertiary/aromatic N) is 1. The third-order valence-electron chi connectivity index (χ3n) is 4.96. The standard InChI is InChI=1S/C24H21FN2O2/c25-17-12-14-26-18(15-17)7-5-6-13-27-24(28)29-16-23-21-10-3-1-8-19(21)20-9-2-4-11-22(20)23/h1-5,7-12,14-15,23H,6,13,16H2,(H,27,28). The smallest absolute Gasteiger partial charge is 0.407 e. The van der Waals surface area contributed by atoms with E-state index in [1.165, 1.54) is 40.6 Å². The predicted molar refractivity (Wildman–Crippen MR) is 111 cm³/mol. The van der Waals surface area contributed by atoms with E-state index in [1.807, 2.05) is 30.3 Å². The fourth-order valence-electron chi connectivity index (χ4n) is 3.62. The highest BCUT2D eigenvalue weighted by molar-refractivity contribution is 5.79. The molecular weight excluding hydrogens is 367 g/mol. The summed E-state index contributed by atoms with van der Waals surface area (Å²) in [6, 6.07) is 19.1. The average Bonchev–Trinajstić information content (AvgIpc) is 3.06. The van der Waals surface area contributed by atoms with Gasteiger partial charge < -0.3 is 10.1 Å². The lowest BCUT2D eigenvalue weighted by Gasteiger charge is -2.14. The number of hydrogen-bond acceptors (Lipinski definition) is 3. The van der Waals surface area contributed by atoms with Crippen molar-refractivity contribution in [2.24, 2.45) is 0 Å². The number of pyridine rings is 1. The quantitative estimate of drug-likeness (QED) is 0.593. The van der Waals surface area contributed by atoms with Crippen LogP contribution in [0.1, 0.15) is 29.2 Å². The first kappa shape index (κ1) is 18.9. The van der Waals surface area contributed by atoms with E-state index in [-0.39, 0.29) is 11.7 Å². The van der Waals surface area contributed by atoms with Crippen LogP contribution < -0.4 is 5.32 Å². The molecule has 4 nitrogen and oxygen atoms in total. The lowest BCUT2D eigenvalue weighted by Crippen LogP contribution is -2.26. The molecule has 1 aliphatic carbocycles. The molecule has 1 heterocycles. The van der Waals surface area contributed by atoms with Crippen molar-refractivity contribution < 1.29 is 13.9 Å². The zero-order valence-electron chi connectivity index (χ0n) is 15.8. The molecule has 5 heteroatoms. The summed E-state index contributed by atoms with van der Waals surface area (Å²) >= 11 is 0. The van der Waals surface area contributed by atoms with Crippen molar-refractivity contribution in [3.63, 3.8) is 0 Å². The topological polar surface area (TPSA) is 51.2 Å². The Morgan fingerprint density at radius 1 is 1.07 bits per heavy atom. The molecule has 1 aromatic heterocycles. The number of alkyl carbamates (subject to hydrolysis) is 1. The lowest BCUT2D eigenvalue weighted by atomic mass is 9.98. The van der Waals surface area contributed by atoms with E-state index in [2.05, 4.69) is 34.6 Å². The summed E-state index contributed by atoms with van der Waals surface area (Å²) in [5.74, 6) is -0.275. The molecule has 2 aromatic carbocycles. The Labute approximate surface area is 169 Å². The molecule has 0 saturated carbocycles. The van der Waals surface area contributed by atoms with Crippen LogP contribution in [0.2, 0.25) is 0 Å². The molecule has 0 saturated heterocycles. The highest BCUT2D eigenvalue weighted by Crippen LogP contribution is 2.44. The van der Waals surface area contributed by atoms with Gasteiger partial charge in [0.15, 0.2) is 0 Å². The van der Waals surface area contributed by atoms with Gasteiger partial charge in [-0.1, -0.05) is 54.6 Å². The van der Waals surface area contributed by atoms with Gasteiger partial charge in [0.05, 0.1) is 5.69 Å². The third-order valence-corrected chi connectivity index (χ3v) is 4.96. The summed E-state index contributed by atoms with van der Waals surface area (Å²) in [5, 5.41) is 2.75. The van der Waals surface area contributed by atoms with E-state index >= 15 is 0 Å². The number of ether oxygens (including phenoxy) is 1. The number of hydrogen-bond donors (Lipinski definition) is 1. The summed E-state index contributed by atoms with van der Waals surface area (Å²) in [7, 11) is 0. The normalized spacial score (nSPS) is 12.6. The highest BCUT2D eigenvalue weighted by Gasteiger charge is 2.28. The van der Waals surface area contributed by atoms with Crippen molar-refractivity contribution >= 4 is 12.2 Å². The Morgan fingerprint density at radius 3 is 2.45 bits per heavy atom. The van der Waals surface area contributed by atoms with Crippen molar-refractivity contribution in [3.05, 3.63) is 95.6 Å². The van der Waals surface area contributed by atoms with Crippen LogP contribution in [0.5, 0.6) is 0 Å². The fourth-order valence-corrected chi connectivity index (χ4v) is 3.62. The molecule has 0 aliphatic heterocycles. The van der Waals surface area contributed by atoms with Gasteiger partial charge in [0, 0.05) is 18.7 Å². The average molecular weight is 388 g/mol. The Morgan fingerprint density at radius 2 is 1.76 bits per heavy atom. The van der Waals surface area contributed by atoms with Gasteiger partial charge in [0.2, 0.25) is 0 Å². The van der Waals surface area contributed by atoms with E-state index in [9.17, 15) is 9.18 Å². The number of benzene rings is 2. The largest absolute Gasteiger partial charge is 0.449 e. The summed E-state index contributed by atoms with van der Waals surface area (Å²) in [4.78, 5) is 16.1. The molecule has 0 fully saturated rings. The zero-order chi connectivity index (χ0) is 20.1. The van der Waals surface area contributed by atoms with Crippen molar-refractivity contribution in [3.8, 4) is 11.1 Å². The molecule has 0 spiro atoms. The minimum absolute atomic E-state index is 0.0482. The first-order valence-electron chi connectivity index (χ1n) is 9.59. The second-order valence-corrected chi connectivity index (χ2v) is 6.84. The van der Waals surface area contributed by atoms with Gasteiger partial charge >= 0.3 is 6.09 Å². The van der Waals surface area contributed by atoms with Crippen LogP contribution in [-0.2, 0) is 4.74 Å². The number of carbonyl (C=O) groups is 1. The van der Waals surface area contributed by atoms with Crippen LogP contribution in [0.25, 0.3) is 17.2 Å². The van der Waals surface area contributed by atoms with Crippen LogP contribution in [0.3, 0.4) is 0 Å². The third kappa shape index (κ3) is 4.35. The Kier molecular flexibility index (Phi) is 5.66. The molecule has 0 bridgehead atoms. The first-order valence-corrected chi connectivity index (χ1v) is 9.59. The number of carbonyl (C=O) groups excluding carboxylic acids is 1. The molecule has 0 radical (unpaired) electrons. The van der Waals surface area contributed by atoms with Crippen LogP contribution in [0.4, 0.5) is 9.18 Å². The molecule has 1 aliphatic rings. The van der Waals surface area contributed by atoms with Crippen LogP contribution >= 0.6 is 0 Å². The summed E-state index contributed by atoms with van der Waals surface area (Å²) in [6.45, 7) is 0.728. The number of rotatable bonds is 6. The molecule has 0 unspecified atom stereocenters. The first-order chi connectivity index (χ1) is 14.2.